The van der Waals surface area contributed by atoms with E-state index in [4.69, 9.17) is 0 Å². The Bertz CT molecular complexity index is 705. The van der Waals surface area contributed by atoms with Gasteiger partial charge in [-0.3, -0.25) is 0 Å². The minimum atomic E-state index is 0.175. The van der Waals surface area contributed by atoms with E-state index in [1.165, 1.54) is 33.6 Å². The zero-order valence-electron chi connectivity index (χ0n) is 18.0. The van der Waals surface area contributed by atoms with Crippen molar-refractivity contribution in [2.24, 2.45) is 5.41 Å². The number of anilines is 2. The molecule has 0 saturated heterocycles. The van der Waals surface area contributed by atoms with Crippen LogP contribution in [-0.2, 0) is 0 Å². The van der Waals surface area contributed by atoms with Crippen LogP contribution in [0.15, 0.2) is 36.4 Å². The summed E-state index contributed by atoms with van der Waals surface area (Å²) in [5.74, 6) is 0. The van der Waals surface area contributed by atoms with Gasteiger partial charge in [0.2, 0.25) is 0 Å². The van der Waals surface area contributed by atoms with Gasteiger partial charge in [-0.05, 0) is 62.3 Å². The molecule has 0 saturated carbocycles. The molecular formula is C24H36N2. The first-order valence-corrected chi connectivity index (χ1v) is 9.75. The van der Waals surface area contributed by atoms with E-state index in [1.54, 1.807) is 0 Å². The van der Waals surface area contributed by atoms with E-state index >= 15 is 0 Å². The van der Waals surface area contributed by atoms with E-state index in [0.29, 0.717) is 0 Å². The number of rotatable bonds is 7. The second-order valence-electron chi connectivity index (χ2n) is 8.52. The predicted octanol–water partition coefficient (Wildman–Crippen LogP) is 5.91. The average molecular weight is 353 g/mol. The minimum Gasteiger partial charge on any atom is -0.374 e. The summed E-state index contributed by atoms with van der Waals surface area (Å²) in [4.78, 5) is 4.98. The molecule has 0 aliphatic carbocycles. The second kappa shape index (κ2) is 8.16. The summed E-state index contributed by atoms with van der Waals surface area (Å²) in [5, 5.41) is 0. The van der Waals surface area contributed by atoms with Crippen LogP contribution in [0, 0.1) is 33.1 Å². The summed E-state index contributed by atoms with van der Waals surface area (Å²) in [6.45, 7) is 19.0. The molecule has 0 aromatic heterocycles. The summed E-state index contributed by atoms with van der Waals surface area (Å²) in [5.41, 5.74) is 8.38. The van der Waals surface area contributed by atoms with Crippen LogP contribution in [0.25, 0.3) is 0 Å². The van der Waals surface area contributed by atoms with Crippen molar-refractivity contribution in [3.63, 3.8) is 0 Å². The molecule has 2 aromatic rings. The van der Waals surface area contributed by atoms with Gasteiger partial charge in [0.05, 0.1) is 0 Å². The SMILES string of the molecule is CCN(CC(C)(C)CN(C)c1c(C)cccc1C)c1c(C)cccc1C. The van der Waals surface area contributed by atoms with Crippen molar-refractivity contribution in [1.29, 1.82) is 0 Å². The van der Waals surface area contributed by atoms with Gasteiger partial charge in [-0.1, -0.05) is 50.2 Å². The summed E-state index contributed by atoms with van der Waals surface area (Å²) in [6.07, 6.45) is 0. The van der Waals surface area contributed by atoms with Gasteiger partial charge in [0, 0.05) is 38.1 Å². The third-order valence-electron chi connectivity index (χ3n) is 5.24. The summed E-state index contributed by atoms with van der Waals surface area (Å²) >= 11 is 0. The molecule has 0 radical (unpaired) electrons. The van der Waals surface area contributed by atoms with Crippen molar-refractivity contribution < 1.29 is 0 Å². The van der Waals surface area contributed by atoms with E-state index < -0.39 is 0 Å². The Balaban J connectivity index is 2.21. The molecule has 0 aliphatic heterocycles. The molecule has 0 unspecified atom stereocenters. The molecular weight excluding hydrogens is 316 g/mol. The predicted molar refractivity (Wildman–Crippen MR) is 117 cm³/mol. The van der Waals surface area contributed by atoms with Crippen molar-refractivity contribution in [1.82, 2.24) is 0 Å². The molecule has 2 aromatic carbocycles. The number of hydrogen-bond acceptors (Lipinski definition) is 2. The highest BCUT2D eigenvalue weighted by atomic mass is 15.2. The molecule has 0 atom stereocenters. The minimum absolute atomic E-state index is 0.175. The normalized spacial score (nSPS) is 11.5. The van der Waals surface area contributed by atoms with E-state index in [0.717, 1.165) is 19.6 Å². The first kappa shape index (κ1) is 20.4. The quantitative estimate of drug-likeness (QED) is 0.611. The van der Waals surface area contributed by atoms with Crippen LogP contribution in [0.3, 0.4) is 0 Å². The molecule has 0 heterocycles. The molecule has 0 bridgehead atoms. The lowest BCUT2D eigenvalue weighted by Crippen LogP contribution is -2.42. The van der Waals surface area contributed by atoms with Gasteiger partial charge in [-0.2, -0.15) is 0 Å². The highest BCUT2D eigenvalue weighted by Gasteiger charge is 2.25. The van der Waals surface area contributed by atoms with E-state index in [-0.39, 0.29) is 5.41 Å². The Labute approximate surface area is 160 Å². The highest BCUT2D eigenvalue weighted by Crippen LogP contribution is 2.31. The molecule has 0 fully saturated rings. The maximum Gasteiger partial charge on any atom is 0.0425 e. The zero-order valence-corrected chi connectivity index (χ0v) is 18.0. The first-order valence-electron chi connectivity index (χ1n) is 9.75. The Kier molecular flexibility index (Phi) is 6.39. The van der Waals surface area contributed by atoms with Crippen LogP contribution in [0.1, 0.15) is 43.0 Å². The van der Waals surface area contributed by atoms with Gasteiger partial charge in [-0.25, -0.2) is 0 Å². The zero-order chi connectivity index (χ0) is 19.5. The number of aryl methyl sites for hydroxylation is 4. The second-order valence-corrected chi connectivity index (χ2v) is 8.52. The molecule has 0 amide bonds. The van der Waals surface area contributed by atoms with E-state index in [2.05, 4.69) is 102 Å². The van der Waals surface area contributed by atoms with Crippen molar-refractivity contribution in [2.75, 3.05) is 36.5 Å². The lowest BCUT2D eigenvalue weighted by molar-refractivity contribution is 0.372. The number of hydrogen-bond donors (Lipinski definition) is 0. The fraction of sp³-hybridized carbons (Fsp3) is 0.500. The molecule has 0 N–H and O–H groups in total. The van der Waals surface area contributed by atoms with E-state index in [9.17, 15) is 0 Å². The average Bonchev–Trinajstić information content (AvgIpc) is 2.52. The molecule has 2 heteroatoms. The highest BCUT2D eigenvalue weighted by molar-refractivity contribution is 5.60. The Morgan fingerprint density at radius 1 is 0.731 bits per heavy atom. The van der Waals surface area contributed by atoms with Gasteiger partial charge in [0.25, 0.3) is 0 Å². The number of nitrogens with zero attached hydrogens (tertiary/aromatic N) is 2. The van der Waals surface area contributed by atoms with Crippen LogP contribution in [0.4, 0.5) is 11.4 Å². The molecule has 0 aliphatic rings. The summed E-state index contributed by atoms with van der Waals surface area (Å²) < 4.78 is 0. The first-order chi connectivity index (χ1) is 12.2. The molecule has 2 rings (SSSR count). The van der Waals surface area contributed by atoms with Crippen molar-refractivity contribution in [2.45, 2.75) is 48.5 Å². The van der Waals surface area contributed by atoms with Gasteiger partial charge < -0.3 is 9.80 Å². The van der Waals surface area contributed by atoms with Crippen LogP contribution in [-0.4, -0.2) is 26.7 Å². The van der Waals surface area contributed by atoms with Gasteiger partial charge in [0.1, 0.15) is 0 Å². The van der Waals surface area contributed by atoms with Gasteiger partial charge in [-0.15, -0.1) is 0 Å². The molecule has 0 spiro atoms. The Morgan fingerprint density at radius 2 is 1.15 bits per heavy atom. The Morgan fingerprint density at radius 3 is 1.58 bits per heavy atom. The van der Waals surface area contributed by atoms with Crippen LogP contribution >= 0.6 is 0 Å². The molecule has 2 nitrogen and oxygen atoms in total. The lowest BCUT2D eigenvalue weighted by Gasteiger charge is -2.38. The van der Waals surface area contributed by atoms with Gasteiger partial charge >= 0.3 is 0 Å². The Hall–Kier alpha value is -1.96. The van der Waals surface area contributed by atoms with E-state index in [1.807, 2.05) is 0 Å². The van der Waals surface area contributed by atoms with Crippen LogP contribution in [0.5, 0.6) is 0 Å². The lowest BCUT2D eigenvalue weighted by atomic mass is 9.90. The van der Waals surface area contributed by atoms with Crippen molar-refractivity contribution in [3.8, 4) is 0 Å². The third-order valence-corrected chi connectivity index (χ3v) is 5.24. The maximum atomic E-state index is 2.54. The molecule has 142 valence electrons. The maximum absolute atomic E-state index is 2.54. The van der Waals surface area contributed by atoms with Crippen molar-refractivity contribution >= 4 is 11.4 Å². The topological polar surface area (TPSA) is 6.48 Å². The fourth-order valence-corrected chi connectivity index (χ4v) is 4.35. The van der Waals surface area contributed by atoms with Crippen LogP contribution < -0.4 is 9.80 Å². The standard InChI is InChI=1S/C24H36N2/c1-9-26(23-20(4)14-11-15-21(23)5)17-24(6,7)16-25(8)22-18(2)12-10-13-19(22)3/h10-15H,9,16-17H2,1-8H3. The smallest absolute Gasteiger partial charge is 0.0425 e. The summed E-state index contributed by atoms with van der Waals surface area (Å²) in [6, 6.07) is 13.2. The largest absolute Gasteiger partial charge is 0.374 e. The van der Waals surface area contributed by atoms with Gasteiger partial charge in [0.15, 0.2) is 0 Å². The third kappa shape index (κ3) is 4.60. The summed E-state index contributed by atoms with van der Waals surface area (Å²) in [7, 11) is 2.23. The number of benzene rings is 2. The monoisotopic (exact) mass is 352 g/mol. The van der Waals surface area contributed by atoms with Crippen LogP contribution in [0.2, 0.25) is 0 Å². The molecule has 26 heavy (non-hydrogen) atoms. The number of para-hydroxylation sites is 2. The fourth-order valence-electron chi connectivity index (χ4n) is 4.35. The van der Waals surface area contributed by atoms with Crippen molar-refractivity contribution in [3.05, 3.63) is 58.7 Å².